The molecule has 134 valence electrons. The van der Waals surface area contributed by atoms with Gasteiger partial charge < -0.3 is 15.3 Å². The molecule has 1 aliphatic rings. The van der Waals surface area contributed by atoms with E-state index in [1.54, 1.807) is 24.7 Å². The van der Waals surface area contributed by atoms with Gasteiger partial charge in [0.05, 0.1) is 6.20 Å². The lowest BCUT2D eigenvalue weighted by Gasteiger charge is -2.36. The molecule has 0 amide bonds. The molecule has 0 bridgehead atoms. The predicted molar refractivity (Wildman–Crippen MR) is 98.8 cm³/mol. The number of H-pyrrole nitrogens is 1. The van der Waals surface area contributed by atoms with E-state index in [1.165, 1.54) is 0 Å². The summed E-state index contributed by atoms with van der Waals surface area (Å²) in [4.78, 5) is 6.57. The van der Waals surface area contributed by atoms with Gasteiger partial charge in [-0.1, -0.05) is 0 Å². The molecular weight excluding hydrogens is 330 g/mol. The lowest BCUT2D eigenvalue weighted by Crippen LogP contribution is -2.54. The van der Waals surface area contributed by atoms with E-state index in [-0.39, 0.29) is 5.75 Å². The van der Waals surface area contributed by atoms with E-state index in [2.05, 4.69) is 49.4 Å². The van der Waals surface area contributed by atoms with Crippen molar-refractivity contribution in [1.82, 2.24) is 30.7 Å². The van der Waals surface area contributed by atoms with Gasteiger partial charge >= 0.3 is 0 Å². The molecular formula is C18H21N7O. The van der Waals surface area contributed by atoms with Gasteiger partial charge in [-0.05, 0) is 32.0 Å². The molecule has 0 spiro atoms. The number of aromatic amines is 1. The van der Waals surface area contributed by atoms with E-state index in [9.17, 15) is 5.11 Å². The van der Waals surface area contributed by atoms with Crippen LogP contribution < -0.4 is 10.2 Å². The Bertz CT molecular complexity index is 869. The summed E-state index contributed by atoms with van der Waals surface area (Å²) in [5, 5.41) is 29.1. The maximum atomic E-state index is 10.4. The monoisotopic (exact) mass is 351 g/mol. The highest BCUT2D eigenvalue weighted by atomic mass is 16.3. The third-order valence-corrected chi connectivity index (χ3v) is 4.47. The zero-order valence-electron chi connectivity index (χ0n) is 14.7. The van der Waals surface area contributed by atoms with Gasteiger partial charge in [-0.2, -0.15) is 5.10 Å². The summed E-state index contributed by atoms with van der Waals surface area (Å²) in [6.45, 7) is 6.10. The molecule has 0 aromatic carbocycles. The zero-order valence-corrected chi connectivity index (χ0v) is 14.7. The zero-order chi connectivity index (χ0) is 18.1. The van der Waals surface area contributed by atoms with Crippen LogP contribution in [-0.4, -0.2) is 55.7 Å². The van der Waals surface area contributed by atoms with E-state index < -0.39 is 0 Å². The normalized spacial score (nSPS) is 20.3. The highest BCUT2D eigenvalue weighted by Gasteiger charge is 2.22. The van der Waals surface area contributed by atoms with Gasteiger partial charge in [0.25, 0.3) is 0 Å². The third-order valence-electron chi connectivity index (χ3n) is 4.47. The van der Waals surface area contributed by atoms with Crippen LogP contribution >= 0.6 is 0 Å². The number of anilines is 1. The van der Waals surface area contributed by atoms with Crippen LogP contribution in [0.1, 0.15) is 13.8 Å². The maximum absolute atomic E-state index is 10.4. The second kappa shape index (κ2) is 6.72. The van der Waals surface area contributed by atoms with Gasteiger partial charge in [-0.15, -0.1) is 10.2 Å². The standard InChI is InChI=1S/C18H21N7O/c1-11-9-25(10-12(2)22-11)17-4-3-15(23-24-17)18-16(26)5-13(6-19-18)14-7-20-21-8-14/h3-8,11-12,22,26H,9-10H2,1-2H3,(H,20,21)/t11-,12-/m1/s1. The van der Waals surface area contributed by atoms with Crippen molar-refractivity contribution in [2.24, 2.45) is 0 Å². The Kier molecular flexibility index (Phi) is 4.26. The average Bonchev–Trinajstić information content (AvgIpc) is 3.16. The molecule has 4 heterocycles. The van der Waals surface area contributed by atoms with Crippen molar-refractivity contribution in [3.8, 4) is 28.3 Å². The van der Waals surface area contributed by atoms with E-state index in [1.807, 2.05) is 12.1 Å². The topological polar surface area (TPSA) is 103 Å². The van der Waals surface area contributed by atoms with Gasteiger partial charge in [-0.3, -0.25) is 5.10 Å². The van der Waals surface area contributed by atoms with Crippen LogP contribution in [0.4, 0.5) is 5.82 Å². The van der Waals surface area contributed by atoms with Gasteiger partial charge in [0.1, 0.15) is 17.1 Å². The number of aromatic hydroxyl groups is 1. The van der Waals surface area contributed by atoms with Gasteiger partial charge in [0.15, 0.2) is 5.82 Å². The summed E-state index contributed by atoms with van der Waals surface area (Å²) < 4.78 is 0. The Morgan fingerprint density at radius 3 is 2.50 bits per heavy atom. The Hall–Kier alpha value is -3.00. The highest BCUT2D eigenvalue weighted by molar-refractivity contribution is 5.69. The molecule has 8 nitrogen and oxygen atoms in total. The summed E-state index contributed by atoms with van der Waals surface area (Å²) in [5.41, 5.74) is 2.61. The fourth-order valence-corrected chi connectivity index (χ4v) is 3.35. The summed E-state index contributed by atoms with van der Waals surface area (Å²) >= 11 is 0. The van der Waals surface area contributed by atoms with Crippen molar-refractivity contribution < 1.29 is 5.11 Å². The second-order valence-electron chi connectivity index (χ2n) is 6.73. The van der Waals surface area contributed by atoms with Crippen molar-refractivity contribution in [3.05, 3.63) is 36.8 Å². The molecule has 0 aliphatic carbocycles. The van der Waals surface area contributed by atoms with E-state index in [4.69, 9.17) is 0 Å². The smallest absolute Gasteiger partial charge is 0.151 e. The first-order valence-corrected chi connectivity index (χ1v) is 8.63. The Balaban J connectivity index is 1.57. The van der Waals surface area contributed by atoms with Crippen LogP contribution in [0.2, 0.25) is 0 Å². The number of pyridine rings is 1. The minimum Gasteiger partial charge on any atom is -0.506 e. The van der Waals surface area contributed by atoms with Crippen molar-refractivity contribution in [2.75, 3.05) is 18.0 Å². The summed E-state index contributed by atoms with van der Waals surface area (Å²) in [6, 6.07) is 6.24. The molecule has 3 aromatic heterocycles. The summed E-state index contributed by atoms with van der Waals surface area (Å²) in [5.74, 6) is 0.902. The molecule has 4 rings (SSSR count). The molecule has 2 atom stereocenters. The minimum atomic E-state index is 0.0650. The van der Waals surface area contributed by atoms with Crippen LogP contribution in [-0.2, 0) is 0 Å². The molecule has 1 fully saturated rings. The van der Waals surface area contributed by atoms with Crippen LogP contribution in [0.5, 0.6) is 5.75 Å². The molecule has 8 heteroatoms. The molecule has 3 N–H and O–H groups in total. The summed E-state index contributed by atoms with van der Waals surface area (Å²) in [6.07, 6.45) is 5.12. The van der Waals surface area contributed by atoms with Crippen molar-refractivity contribution in [1.29, 1.82) is 0 Å². The third kappa shape index (κ3) is 3.23. The first kappa shape index (κ1) is 16.5. The van der Waals surface area contributed by atoms with Crippen molar-refractivity contribution >= 4 is 5.82 Å². The number of aromatic nitrogens is 5. The number of piperazine rings is 1. The number of nitrogens with zero attached hydrogens (tertiary/aromatic N) is 5. The summed E-state index contributed by atoms with van der Waals surface area (Å²) in [7, 11) is 0. The number of nitrogens with one attached hydrogen (secondary N) is 2. The molecule has 0 unspecified atom stereocenters. The lowest BCUT2D eigenvalue weighted by atomic mass is 10.1. The minimum absolute atomic E-state index is 0.0650. The number of hydrogen-bond acceptors (Lipinski definition) is 7. The number of rotatable bonds is 3. The molecule has 3 aromatic rings. The lowest BCUT2D eigenvalue weighted by molar-refractivity contribution is 0.404. The van der Waals surface area contributed by atoms with Crippen LogP contribution in [0.25, 0.3) is 22.5 Å². The number of hydrogen-bond donors (Lipinski definition) is 3. The van der Waals surface area contributed by atoms with Crippen molar-refractivity contribution in [3.63, 3.8) is 0 Å². The fraction of sp³-hybridized carbons (Fsp3) is 0.333. The van der Waals surface area contributed by atoms with Crippen LogP contribution in [0, 0.1) is 0 Å². The second-order valence-corrected chi connectivity index (χ2v) is 6.73. The van der Waals surface area contributed by atoms with Crippen molar-refractivity contribution in [2.45, 2.75) is 25.9 Å². The van der Waals surface area contributed by atoms with Crippen LogP contribution in [0.15, 0.2) is 36.8 Å². The Morgan fingerprint density at radius 1 is 1.08 bits per heavy atom. The molecule has 1 aliphatic heterocycles. The first-order valence-electron chi connectivity index (χ1n) is 8.63. The quantitative estimate of drug-likeness (QED) is 0.661. The molecule has 0 saturated carbocycles. The Morgan fingerprint density at radius 2 is 1.88 bits per heavy atom. The van der Waals surface area contributed by atoms with E-state index in [0.717, 1.165) is 30.0 Å². The van der Waals surface area contributed by atoms with E-state index in [0.29, 0.717) is 23.5 Å². The van der Waals surface area contributed by atoms with Gasteiger partial charge in [0.2, 0.25) is 0 Å². The fourth-order valence-electron chi connectivity index (χ4n) is 3.35. The highest BCUT2D eigenvalue weighted by Crippen LogP contribution is 2.30. The SMILES string of the molecule is C[C@@H]1CN(c2ccc(-c3ncc(-c4cn[nH]c4)cc3O)nn2)C[C@@H](C)N1. The van der Waals surface area contributed by atoms with E-state index >= 15 is 0 Å². The largest absolute Gasteiger partial charge is 0.506 e. The molecule has 1 saturated heterocycles. The van der Waals surface area contributed by atoms with Gasteiger partial charge in [0, 0.05) is 48.7 Å². The Labute approximate surface area is 151 Å². The van der Waals surface area contributed by atoms with Gasteiger partial charge in [-0.25, -0.2) is 4.98 Å². The first-order chi connectivity index (χ1) is 12.6. The predicted octanol–water partition coefficient (Wildman–Crippen LogP) is 1.82. The van der Waals surface area contributed by atoms with Crippen LogP contribution in [0.3, 0.4) is 0 Å². The maximum Gasteiger partial charge on any atom is 0.151 e. The molecule has 26 heavy (non-hydrogen) atoms. The molecule has 0 radical (unpaired) electrons. The average molecular weight is 351 g/mol.